The average Bonchev–Trinajstić information content (AvgIpc) is 2.46. The highest BCUT2D eigenvalue weighted by atomic mass is 35.5. The first-order valence-electron chi connectivity index (χ1n) is 6.40. The van der Waals surface area contributed by atoms with E-state index in [2.05, 4.69) is 10.9 Å². The number of halogens is 3. The van der Waals surface area contributed by atoms with Gasteiger partial charge in [0.15, 0.2) is 0 Å². The quantitative estimate of drug-likeness (QED) is 0.726. The van der Waals surface area contributed by atoms with E-state index in [1.807, 2.05) is 0 Å². The van der Waals surface area contributed by atoms with Gasteiger partial charge in [-0.1, -0.05) is 41.4 Å². The van der Waals surface area contributed by atoms with E-state index in [-0.39, 0.29) is 6.42 Å². The molecule has 1 atom stereocenters. The first-order chi connectivity index (χ1) is 10.5. The number of aliphatic hydroxyl groups is 1. The summed E-state index contributed by atoms with van der Waals surface area (Å²) in [7, 11) is 0. The molecule has 3 N–H and O–H groups in total. The van der Waals surface area contributed by atoms with Crippen LogP contribution >= 0.6 is 23.2 Å². The molecule has 0 aliphatic rings. The Morgan fingerprint density at radius 3 is 2.45 bits per heavy atom. The van der Waals surface area contributed by atoms with E-state index in [1.165, 1.54) is 18.2 Å². The second kappa shape index (κ2) is 7.45. The lowest BCUT2D eigenvalue weighted by atomic mass is 10.1. The van der Waals surface area contributed by atoms with Crippen molar-refractivity contribution in [1.29, 1.82) is 0 Å². The average molecular weight is 343 g/mol. The van der Waals surface area contributed by atoms with Crippen LogP contribution in [0.1, 0.15) is 18.1 Å². The van der Waals surface area contributed by atoms with Crippen molar-refractivity contribution in [2.75, 3.05) is 5.43 Å². The fourth-order valence-electron chi connectivity index (χ4n) is 1.81. The first-order valence-corrected chi connectivity index (χ1v) is 7.15. The third-order valence-electron chi connectivity index (χ3n) is 2.90. The predicted octanol–water partition coefficient (Wildman–Crippen LogP) is 3.70. The van der Waals surface area contributed by atoms with Crippen LogP contribution < -0.4 is 10.9 Å². The molecule has 1 amide bonds. The largest absolute Gasteiger partial charge is 0.388 e. The molecule has 7 heteroatoms. The van der Waals surface area contributed by atoms with Crippen LogP contribution in [0.5, 0.6) is 0 Å². The third-order valence-corrected chi connectivity index (χ3v) is 3.53. The summed E-state index contributed by atoms with van der Waals surface area (Å²) in [6.45, 7) is 0. The number of benzene rings is 2. The van der Waals surface area contributed by atoms with Crippen LogP contribution in [0, 0.1) is 5.82 Å². The fraction of sp³-hybridized carbons (Fsp3) is 0.133. The molecule has 0 aromatic heterocycles. The van der Waals surface area contributed by atoms with Crippen LogP contribution in [0.4, 0.5) is 10.1 Å². The Morgan fingerprint density at radius 1 is 1.18 bits per heavy atom. The summed E-state index contributed by atoms with van der Waals surface area (Å²) in [4.78, 5) is 11.8. The summed E-state index contributed by atoms with van der Waals surface area (Å²) in [5, 5.41) is 10.6. The normalized spacial score (nSPS) is 11.8. The van der Waals surface area contributed by atoms with Crippen LogP contribution in [-0.2, 0) is 4.79 Å². The van der Waals surface area contributed by atoms with Crippen LogP contribution in [0.25, 0.3) is 0 Å². The van der Waals surface area contributed by atoms with E-state index in [0.717, 1.165) is 0 Å². The van der Waals surface area contributed by atoms with Crippen LogP contribution in [0.3, 0.4) is 0 Å². The second-order valence-electron chi connectivity index (χ2n) is 4.54. The third kappa shape index (κ3) is 4.34. The highest BCUT2D eigenvalue weighted by Gasteiger charge is 2.14. The lowest BCUT2D eigenvalue weighted by molar-refractivity contribution is -0.122. The number of rotatable bonds is 5. The number of amides is 1. The summed E-state index contributed by atoms with van der Waals surface area (Å²) < 4.78 is 13.1. The number of anilines is 1. The minimum atomic E-state index is -1.11. The first kappa shape index (κ1) is 16.5. The molecular weight excluding hydrogens is 330 g/mol. The minimum Gasteiger partial charge on any atom is -0.388 e. The van der Waals surface area contributed by atoms with Gasteiger partial charge in [0.2, 0.25) is 5.91 Å². The van der Waals surface area contributed by atoms with Gasteiger partial charge in [0.05, 0.1) is 28.3 Å². The SMILES string of the molecule is O=C(CC(O)c1cccc(F)c1)NNc1c(Cl)cccc1Cl. The number of hydrazine groups is 1. The van der Waals surface area contributed by atoms with Gasteiger partial charge in [0.25, 0.3) is 0 Å². The van der Waals surface area contributed by atoms with Gasteiger partial charge < -0.3 is 5.11 Å². The standard InChI is InChI=1S/C15H13Cl2FN2O2/c16-11-5-2-6-12(17)15(11)20-19-14(22)8-13(21)9-3-1-4-10(18)7-9/h1-7,13,20-21H,8H2,(H,19,22). The zero-order chi connectivity index (χ0) is 16.1. The summed E-state index contributed by atoms with van der Waals surface area (Å²) in [5.41, 5.74) is 5.67. The molecule has 0 aliphatic carbocycles. The van der Waals surface area contributed by atoms with Crippen molar-refractivity contribution in [2.24, 2.45) is 0 Å². The summed E-state index contributed by atoms with van der Waals surface area (Å²) in [6, 6.07) is 10.3. The topological polar surface area (TPSA) is 61.4 Å². The van der Waals surface area contributed by atoms with Gasteiger partial charge in [0, 0.05) is 0 Å². The Kier molecular flexibility index (Phi) is 5.60. The Bertz CT molecular complexity index is 662. The molecule has 0 heterocycles. The van der Waals surface area contributed by atoms with E-state index in [4.69, 9.17) is 23.2 Å². The highest BCUT2D eigenvalue weighted by Crippen LogP contribution is 2.29. The van der Waals surface area contributed by atoms with Gasteiger partial charge in [-0.15, -0.1) is 0 Å². The molecule has 0 fully saturated rings. The maximum absolute atomic E-state index is 13.1. The van der Waals surface area contributed by atoms with Crippen molar-refractivity contribution in [2.45, 2.75) is 12.5 Å². The van der Waals surface area contributed by atoms with Gasteiger partial charge in [0.1, 0.15) is 5.82 Å². The minimum absolute atomic E-state index is 0.238. The molecule has 1 unspecified atom stereocenters. The molecule has 2 aromatic carbocycles. The number of carbonyl (C=O) groups is 1. The Balaban J connectivity index is 1.93. The zero-order valence-corrected chi connectivity index (χ0v) is 12.8. The zero-order valence-electron chi connectivity index (χ0n) is 11.3. The maximum atomic E-state index is 13.1. The lowest BCUT2D eigenvalue weighted by Gasteiger charge is -2.14. The van der Waals surface area contributed by atoms with E-state index in [9.17, 15) is 14.3 Å². The molecule has 0 radical (unpaired) electrons. The van der Waals surface area contributed by atoms with Crippen molar-refractivity contribution in [3.05, 3.63) is 63.9 Å². The molecule has 0 saturated heterocycles. The fourth-order valence-corrected chi connectivity index (χ4v) is 2.30. The van der Waals surface area contributed by atoms with Crippen molar-refractivity contribution >= 4 is 34.8 Å². The summed E-state index contributed by atoms with van der Waals surface area (Å²) in [6.07, 6.45) is -1.35. The molecule has 0 saturated carbocycles. The molecule has 2 aromatic rings. The number of carbonyl (C=O) groups excluding carboxylic acids is 1. The maximum Gasteiger partial charge on any atom is 0.241 e. The lowest BCUT2D eigenvalue weighted by Crippen LogP contribution is -2.30. The monoisotopic (exact) mass is 342 g/mol. The molecule has 116 valence electrons. The molecule has 0 bridgehead atoms. The van der Waals surface area contributed by atoms with Gasteiger partial charge in [-0.2, -0.15) is 0 Å². The summed E-state index contributed by atoms with van der Waals surface area (Å²) >= 11 is 11.9. The van der Waals surface area contributed by atoms with E-state index in [0.29, 0.717) is 21.3 Å². The Morgan fingerprint density at radius 2 is 1.82 bits per heavy atom. The molecule has 4 nitrogen and oxygen atoms in total. The van der Waals surface area contributed by atoms with Gasteiger partial charge in [-0.05, 0) is 29.8 Å². The highest BCUT2D eigenvalue weighted by molar-refractivity contribution is 6.39. The van der Waals surface area contributed by atoms with Crippen molar-refractivity contribution in [1.82, 2.24) is 5.43 Å². The number of hydrogen-bond acceptors (Lipinski definition) is 3. The number of hydrogen-bond donors (Lipinski definition) is 3. The number of nitrogens with one attached hydrogen (secondary N) is 2. The Labute approximate surface area is 136 Å². The molecule has 22 heavy (non-hydrogen) atoms. The van der Waals surface area contributed by atoms with Crippen molar-refractivity contribution in [3.63, 3.8) is 0 Å². The van der Waals surface area contributed by atoms with Gasteiger partial charge in [-0.3, -0.25) is 15.6 Å². The van der Waals surface area contributed by atoms with E-state index in [1.54, 1.807) is 24.3 Å². The smallest absolute Gasteiger partial charge is 0.241 e. The van der Waals surface area contributed by atoms with Crippen LogP contribution in [0.2, 0.25) is 10.0 Å². The van der Waals surface area contributed by atoms with Crippen molar-refractivity contribution < 1.29 is 14.3 Å². The molecule has 0 spiro atoms. The molecule has 2 rings (SSSR count). The molecule has 0 aliphatic heterocycles. The van der Waals surface area contributed by atoms with Crippen LogP contribution in [-0.4, -0.2) is 11.0 Å². The number of aliphatic hydroxyl groups excluding tert-OH is 1. The number of para-hydroxylation sites is 1. The predicted molar refractivity (Wildman–Crippen MR) is 84.2 cm³/mol. The Hall–Kier alpha value is -1.82. The van der Waals surface area contributed by atoms with Gasteiger partial charge >= 0.3 is 0 Å². The summed E-state index contributed by atoms with van der Waals surface area (Å²) in [5.74, 6) is -0.967. The molecular formula is C15H13Cl2FN2O2. The van der Waals surface area contributed by atoms with Crippen molar-refractivity contribution in [3.8, 4) is 0 Å². The van der Waals surface area contributed by atoms with Gasteiger partial charge in [-0.25, -0.2) is 4.39 Å². The van der Waals surface area contributed by atoms with E-state index >= 15 is 0 Å². The van der Waals surface area contributed by atoms with E-state index < -0.39 is 17.8 Å². The van der Waals surface area contributed by atoms with Crippen LogP contribution in [0.15, 0.2) is 42.5 Å². The second-order valence-corrected chi connectivity index (χ2v) is 5.36.